The highest BCUT2D eigenvalue weighted by Crippen LogP contribution is 2.24. The van der Waals surface area contributed by atoms with Gasteiger partial charge in [0, 0.05) is 43.7 Å². The van der Waals surface area contributed by atoms with Crippen LogP contribution in [-0.2, 0) is 6.42 Å². The van der Waals surface area contributed by atoms with E-state index in [2.05, 4.69) is 20.4 Å². The molecule has 4 rings (SSSR count). The van der Waals surface area contributed by atoms with Crippen LogP contribution in [0.5, 0.6) is 0 Å². The van der Waals surface area contributed by atoms with Gasteiger partial charge >= 0.3 is 0 Å². The maximum Gasteiger partial charge on any atom is 0.227 e. The zero-order chi connectivity index (χ0) is 20.1. The van der Waals surface area contributed by atoms with Crippen LogP contribution < -0.4 is 10.2 Å². The second-order valence-electron chi connectivity index (χ2n) is 6.78. The Labute approximate surface area is 169 Å². The second kappa shape index (κ2) is 8.52. The van der Waals surface area contributed by atoms with E-state index in [1.54, 1.807) is 0 Å². The molecule has 3 aromatic heterocycles. The van der Waals surface area contributed by atoms with Crippen molar-refractivity contribution in [1.29, 1.82) is 0 Å². The van der Waals surface area contributed by atoms with Crippen molar-refractivity contribution in [2.24, 2.45) is 0 Å². The Morgan fingerprint density at radius 2 is 1.76 bits per heavy atom. The van der Waals surface area contributed by atoms with Crippen LogP contribution in [0.2, 0.25) is 0 Å². The minimum Gasteiger partial charge on any atom is -0.360 e. The Morgan fingerprint density at radius 1 is 0.966 bits per heavy atom. The number of likely N-dealkylation sites (N-methyl/N-ethyl adjacent to an activating group) is 1. The van der Waals surface area contributed by atoms with E-state index < -0.39 is 0 Å². The van der Waals surface area contributed by atoms with Gasteiger partial charge in [0.25, 0.3) is 0 Å². The summed E-state index contributed by atoms with van der Waals surface area (Å²) in [6, 6.07) is 17.8. The lowest BCUT2D eigenvalue weighted by molar-refractivity contribution is 0.400. The number of aryl methyl sites for hydroxylation is 1. The molecule has 0 atom stereocenters. The van der Waals surface area contributed by atoms with E-state index in [1.807, 2.05) is 85.9 Å². The van der Waals surface area contributed by atoms with E-state index in [0.717, 1.165) is 30.0 Å². The number of benzene rings is 1. The minimum absolute atomic E-state index is 0.616. The zero-order valence-electron chi connectivity index (χ0n) is 16.4. The summed E-state index contributed by atoms with van der Waals surface area (Å²) in [7, 11) is 2.00. The van der Waals surface area contributed by atoms with E-state index in [9.17, 15) is 0 Å². The molecule has 4 aromatic rings. The normalized spacial score (nSPS) is 10.7. The van der Waals surface area contributed by atoms with E-state index in [4.69, 9.17) is 9.51 Å². The predicted octanol–water partition coefficient (Wildman–Crippen LogP) is 4.26. The van der Waals surface area contributed by atoms with E-state index >= 15 is 0 Å². The van der Waals surface area contributed by atoms with Crippen molar-refractivity contribution in [2.75, 3.05) is 23.8 Å². The van der Waals surface area contributed by atoms with Crippen LogP contribution >= 0.6 is 0 Å². The maximum absolute atomic E-state index is 5.15. The average molecular weight is 386 g/mol. The molecule has 0 radical (unpaired) electrons. The first-order chi connectivity index (χ1) is 14.2. The molecule has 0 aliphatic heterocycles. The third-order valence-corrected chi connectivity index (χ3v) is 4.49. The van der Waals surface area contributed by atoms with Crippen LogP contribution in [0.15, 0.2) is 71.5 Å². The molecular weight excluding hydrogens is 364 g/mol. The summed E-state index contributed by atoms with van der Waals surface area (Å²) in [5.74, 6) is 2.66. The number of nitrogens with zero attached hydrogens (tertiary/aromatic N) is 5. The fourth-order valence-corrected chi connectivity index (χ4v) is 2.93. The molecule has 0 spiro atoms. The van der Waals surface area contributed by atoms with Gasteiger partial charge in [0.15, 0.2) is 5.82 Å². The van der Waals surface area contributed by atoms with Crippen molar-refractivity contribution >= 4 is 17.6 Å². The molecule has 0 saturated heterocycles. The predicted molar refractivity (Wildman–Crippen MR) is 113 cm³/mol. The second-order valence-corrected chi connectivity index (χ2v) is 6.78. The molecule has 0 amide bonds. The monoisotopic (exact) mass is 386 g/mol. The Hall–Kier alpha value is -3.74. The van der Waals surface area contributed by atoms with Crippen LogP contribution in [-0.4, -0.2) is 33.7 Å². The number of pyridine rings is 1. The molecular formula is C22H22N6O. The van der Waals surface area contributed by atoms with Gasteiger partial charge in [-0.15, -0.1) is 0 Å². The third-order valence-electron chi connectivity index (χ3n) is 4.49. The van der Waals surface area contributed by atoms with Crippen molar-refractivity contribution in [2.45, 2.75) is 13.3 Å². The number of hydrogen-bond acceptors (Lipinski definition) is 7. The topological polar surface area (TPSA) is 80.0 Å². The van der Waals surface area contributed by atoms with E-state index in [0.29, 0.717) is 17.6 Å². The molecule has 29 heavy (non-hydrogen) atoms. The lowest BCUT2D eigenvalue weighted by Gasteiger charge is -2.19. The first kappa shape index (κ1) is 18.6. The molecule has 146 valence electrons. The van der Waals surface area contributed by atoms with Gasteiger partial charge in [0.2, 0.25) is 5.95 Å². The summed E-state index contributed by atoms with van der Waals surface area (Å²) >= 11 is 0. The molecule has 7 nitrogen and oxygen atoms in total. The Balaban J connectivity index is 1.61. The zero-order valence-corrected chi connectivity index (χ0v) is 16.4. The maximum atomic E-state index is 5.15. The minimum atomic E-state index is 0.616. The van der Waals surface area contributed by atoms with Crippen LogP contribution in [0.3, 0.4) is 0 Å². The fourth-order valence-electron chi connectivity index (χ4n) is 2.93. The van der Waals surface area contributed by atoms with Crippen molar-refractivity contribution in [3.8, 4) is 11.3 Å². The van der Waals surface area contributed by atoms with Crippen LogP contribution in [0.1, 0.15) is 11.3 Å². The van der Waals surface area contributed by atoms with Gasteiger partial charge in [-0.1, -0.05) is 35.5 Å². The molecule has 0 aliphatic rings. The third kappa shape index (κ3) is 4.76. The quantitative estimate of drug-likeness (QED) is 0.508. The molecule has 0 saturated carbocycles. The smallest absolute Gasteiger partial charge is 0.227 e. The van der Waals surface area contributed by atoms with Crippen molar-refractivity contribution in [1.82, 2.24) is 20.1 Å². The van der Waals surface area contributed by atoms with Crippen LogP contribution in [0, 0.1) is 6.92 Å². The molecule has 7 heteroatoms. The number of rotatable bonds is 7. The lowest BCUT2D eigenvalue weighted by Crippen LogP contribution is -2.23. The highest BCUT2D eigenvalue weighted by molar-refractivity contribution is 5.66. The van der Waals surface area contributed by atoms with Gasteiger partial charge < -0.3 is 14.7 Å². The van der Waals surface area contributed by atoms with E-state index in [-0.39, 0.29) is 0 Å². The number of aromatic nitrogens is 4. The lowest BCUT2D eigenvalue weighted by atomic mass is 10.1. The summed E-state index contributed by atoms with van der Waals surface area (Å²) in [5.41, 5.74) is 3.09. The molecule has 0 fully saturated rings. The van der Waals surface area contributed by atoms with Gasteiger partial charge in [-0.25, -0.2) is 4.98 Å². The highest BCUT2D eigenvalue weighted by atomic mass is 16.5. The average Bonchev–Trinajstić information content (AvgIpc) is 3.17. The van der Waals surface area contributed by atoms with Gasteiger partial charge in [-0.05, 0) is 31.0 Å². The molecule has 0 aliphatic carbocycles. The first-order valence-corrected chi connectivity index (χ1v) is 9.42. The van der Waals surface area contributed by atoms with E-state index in [1.165, 1.54) is 5.56 Å². The Kier molecular flexibility index (Phi) is 5.47. The molecule has 0 unspecified atom stereocenters. The van der Waals surface area contributed by atoms with Gasteiger partial charge in [-0.3, -0.25) is 4.98 Å². The Bertz CT molecular complexity index is 1070. The number of anilines is 3. The van der Waals surface area contributed by atoms with Crippen molar-refractivity contribution < 1.29 is 4.52 Å². The largest absolute Gasteiger partial charge is 0.360 e. The van der Waals surface area contributed by atoms with Crippen molar-refractivity contribution in [3.63, 3.8) is 0 Å². The first-order valence-electron chi connectivity index (χ1n) is 9.42. The van der Waals surface area contributed by atoms with Crippen LogP contribution in [0.4, 0.5) is 17.6 Å². The van der Waals surface area contributed by atoms with Crippen LogP contribution in [0.25, 0.3) is 11.3 Å². The highest BCUT2D eigenvalue weighted by Gasteiger charge is 2.12. The molecule has 1 aromatic carbocycles. The fraction of sp³-hybridized carbons (Fsp3) is 0.182. The summed E-state index contributed by atoms with van der Waals surface area (Å²) in [4.78, 5) is 15.6. The molecule has 1 N–H and O–H groups in total. The summed E-state index contributed by atoms with van der Waals surface area (Å²) in [5, 5.41) is 7.21. The Morgan fingerprint density at radius 3 is 2.48 bits per heavy atom. The van der Waals surface area contributed by atoms with Gasteiger partial charge in [-0.2, -0.15) is 4.98 Å². The number of hydrogen-bond donors (Lipinski definition) is 1. The SMILES string of the molecule is Cc1cc(Nc2cc(-c3ccccc3)nc(N(C)CCc3ccncc3)n2)no1. The summed E-state index contributed by atoms with van der Waals surface area (Å²) in [6.45, 7) is 2.64. The summed E-state index contributed by atoms with van der Waals surface area (Å²) in [6.07, 6.45) is 4.50. The number of nitrogens with one attached hydrogen (secondary N) is 1. The van der Waals surface area contributed by atoms with Crippen molar-refractivity contribution in [3.05, 3.63) is 78.3 Å². The summed E-state index contributed by atoms with van der Waals surface area (Å²) < 4.78 is 5.15. The molecule has 0 bridgehead atoms. The standard InChI is InChI=1S/C22H22N6O/c1-16-14-21(27-29-16)25-20-15-19(18-6-4-3-5-7-18)24-22(26-20)28(2)13-10-17-8-11-23-12-9-17/h3-9,11-12,14-15H,10,13H2,1-2H3,(H,24,25,26,27). The van der Waals surface area contributed by atoms with Gasteiger partial charge in [0.05, 0.1) is 5.69 Å². The van der Waals surface area contributed by atoms with Gasteiger partial charge in [0.1, 0.15) is 11.6 Å². The molecule has 3 heterocycles.